The van der Waals surface area contributed by atoms with E-state index >= 15 is 0 Å². The Labute approximate surface area is 152 Å². The van der Waals surface area contributed by atoms with Gasteiger partial charge in [-0.1, -0.05) is 87.4 Å². The Balaban J connectivity index is 2.05. The van der Waals surface area contributed by atoms with Gasteiger partial charge >= 0.3 is 0 Å². The van der Waals surface area contributed by atoms with E-state index in [2.05, 4.69) is 86.7 Å². The van der Waals surface area contributed by atoms with Gasteiger partial charge in [0.05, 0.1) is 0 Å². The highest BCUT2D eigenvalue weighted by Crippen LogP contribution is 2.41. The summed E-state index contributed by atoms with van der Waals surface area (Å²) in [6.45, 7) is 4.53. The highest BCUT2D eigenvalue weighted by Gasteiger charge is 2.20. The molecule has 1 aliphatic carbocycles. The van der Waals surface area contributed by atoms with Crippen LogP contribution in [0, 0.1) is 0 Å². The molecule has 0 heterocycles. The minimum atomic E-state index is 1.16. The van der Waals surface area contributed by atoms with Crippen LogP contribution >= 0.6 is 0 Å². The van der Waals surface area contributed by atoms with Gasteiger partial charge in [0.15, 0.2) is 0 Å². The molecule has 2 aromatic carbocycles. The zero-order chi connectivity index (χ0) is 17.5. The van der Waals surface area contributed by atoms with Crippen molar-refractivity contribution in [3.63, 3.8) is 0 Å². The van der Waals surface area contributed by atoms with E-state index in [1.54, 1.807) is 0 Å². The van der Waals surface area contributed by atoms with E-state index in [1.165, 1.54) is 59.1 Å². The number of hydrogen-bond acceptors (Lipinski definition) is 0. The first-order chi connectivity index (χ1) is 12.3. The maximum absolute atomic E-state index is 2.46. The molecule has 0 saturated carbocycles. The number of hydrogen-bond donors (Lipinski definition) is 0. The van der Waals surface area contributed by atoms with Crippen molar-refractivity contribution < 1.29 is 0 Å². The third-order valence-corrected chi connectivity index (χ3v) is 4.78. The van der Waals surface area contributed by atoms with Crippen LogP contribution in [0.3, 0.4) is 0 Å². The molecule has 0 atom stereocenters. The quantitative estimate of drug-likeness (QED) is 0.492. The van der Waals surface area contributed by atoms with Crippen molar-refractivity contribution in [1.29, 1.82) is 0 Å². The van der Waals surface area contributed by atoms with Crippen molar-refractivity contribution in [3.05, 3.63) is 88.5 Å². The van der Waals surface area contributed by atoms with E-state index in [9.17, 15) is 0 Å². The van der Waals surface area contributed by atoms with Crippen molar-refractivity contribution in [2.45, 2.75) is 46.0 Å². The topological polar surface area (TPSA) is 0 Å². The van der Waals surface area contributed by atoms with Gasteiger partial charge in [-0.3, -0.25) is 0 Å². The highest BCUT2D eigenvalue weighted by molar-refractivity contribution is 6.04. The Morgan fingerprint density at radius 3 is 2.40 bits per heavy atom. The number of benzene rings is 2. The summed E-state index contributed by atoms with van der Waals surface area (Å²) in [6, 6.07) is 19.5. The molecule has 0 aliphatic heterocycles. The van der Waals surface area contributed by atoms with Crippen LogP contribution in [-0.2, 0) is 0 Å². The number of unbranched alkanes of at least 4 members (excludes halogenated alkanes) is 2. The Morgan fingerprint density at radius 2 is 1.64 bits per heavy atom. The molecule has 0 bridgehead atoms. The molecule has 0 aromatic heterocycles. The number of fused-ring (bicyclic) bond motifs is 1. The zero-order valence-electron chi connectivity index (χ0n) is 15.5. The van der Waals surface area contributed by atoms with Crippen molar-refractivity contribution in [1.82, 2.24) is 0 Å². The Hall–Kier alpha value is -2.34. The van der Waals surface area contributed by atoms with E-state index in [0.29, 0.717) is 0 Å². The average molecular weight is 328 g/mol. The molecule has 2 aromatic rings. The van der Waals surface area contributed by atoms with Crippen LogP contribution in [0.2, 0.25) is 0 Å². The molecule has 25 heavy (non-hydrogen) atoms. The van der Waals surface area contributed by atoms with Gasteiger partial charge in [-0.25, -0.2) is 0 Å². The van der Waals surface area contributed by atoms with Gasteiger partial charge in [-0.15, -0.1) is 0 Å². The maximum atomic E-state index is 2.46. The van der Waals surface area contributed by atoms with Gasteiger partial charge in [0.25, 0.3) is 0 Å². The van der Waals surface area contributed by atoms with Crippen LogP contribution in [0.5, 0.6) is 0 Å². The lowest BCUT2D eigenvalue weighted by molar-refractivity contribution is 0.789. The minimum absolute atomic E-state index is 1.16. The lowest BCUT2D eigenvalue weighted by Crippen LogP contribution is -1.92. The normalized spacial score (nSPS) is 15.4. The zero-order valence-corrected chi connectivity index (χ0v) is 15.5. The van der Waals surface area contributed by atoms with Crippen molar-refractivity contribution in [3.8, 4) is 0 Å². The lowest BCUT2D eigenvalue weighted by atomic mass is 9.91. The lowest BCUT2D eigenvalue weighted by Gasteiger charge is -2.13. The molecule has 3 rings (SSSR count). The van der Waals surface area contributed by atoms with Gasteiger partial charge in [0, 0.05) is 0 Å². The smallest absolute Gasteiger partial charge is 0.00966 e. The molecule has 0 N–H and O–H groups in total. The molecule has 0 spiro atoms. The van der Waals surface area contributed by atoms with E-state index in [-0.39, 0.29) is 0 Å². The van der Waals surface area contributed by atoms with E-state index < -0.39 is 0 Å². The molecule has 1 aliphatic rings. The van der Waals surface area contributed by atoms with Crippen molar-refractivity contribution in [2.24, 2.45) is 0 Å². The highest BCUT2D eigenvalue weighted by atomic mass is 14.2. The van der Waals surface area contributed by atoms with Gasteiger partial charge in [0.1, 0.15) is 0 Å². The average Bonchev–Trinajstić information content (AvgIpc) is 3.01. The van der Waals surface area contributed by atoms with E-state index in [4.69, 9.17) is 0 Å². The van der Waals surface area contributed by atoms with E-state index in [0.717, 1.165) is 6.42 Å². The summed E-state index contributed by atoms with van der Waals surface area (Å²) in [7, 11) is 0. The summed E-state index contributed by atoms with van der Waals surface area (Å²) >= 11 is 0. The van der Waals surface area contributed by atoms with Crippen LogP contribution in [0.15, 0.2) is 71.8 Å². The molecule has 128 valence electrons. The van der Waals surface area contributed by atoms with E-state index in [1.807, 2.05) is 0 Å². The maximum Gasteiger partial charge on any atom is -0.00966 e. The molecule has 0 fully saturated rings. The molecule has 0 saturated heterocycles. The van der Waals surface area contributed by atoms with Crippen LogP contribution in [0.25, 0.3) is 17.7 Å². The van der Waals surface area contributed by atoms with Crippen LogP contribution < -0.4 is 0 Å². The Morgan fingerprint density at radius 1 is 0.880 bits per heavy atom. The van der Waals surface area contributed by atoms with Crippen LogP contribution in [-0.4, -0.2) is 0 Å². The molecular weight excluding hydrogens is 300 g/mol. The Bertz CT molecular complexity index is 788. The summed E-state index contributed by atoms with van der Waals surface area (Å²) < 4.78 is 0. The second-order valence-electron chi connectivity index (χ2n) is 6.74. The predicted octanol–water partition coefficient (Wildman–Crippen LogP) is 7.54. The van der Waals surface area contributed by atoms with Crippen LogP contribution in [0.1, 0.15) is 62.6 Å². The fourth-order valence-electron chi connectivity index (χ4n) is 3.42. The predicted molar refractivity (Wildman–Crippen MR) is 111 cm³/mol. The van der Waals surface area contributed by atoms with Gasteiger partial charge in [0.2, 0.25) is 0 Å². The standard InChI is InChI=1S/C25H28/c1-3-5-14-21(15-6-4-2)24-19-22-16-10-11-17-23(22)25(24)18-20-12-8-7-9-13-20/h7-14,16-19H,3-6,15H2,1-2H3/b21-14+,25-18+. The molecule has 0 radical (unpaired) electrons. The van der Waals surface area contributed by atoms with Gasteiger partial charge < -0.3 is 0 Å². The second-order valence-corrected chi connectivity index (χ2v) is 6.74. The molecule has 0 heteroatoms. The second kappa shape index (κ2) is 8.67. The fourth-order valence-corrected chi connectivity index (χ4v) is 3.42. The Kier molecular flexibility index (Phi) is 6.06. The first kappa shape index (κ1) is 17.5. The fraction of sp³-hybridized carbons (Fsp3) is 0.280. The summed E-state index contributed by atoms with van der Waals surface area (Å²) in [5.41, 5.74) is 8.29. The third-order valence-electron chi connectivity index (χ3n) is 4.78. The first-order valence-electron chi connectivity index (χ1n) is 9.61. The summed E-state index contributed by atoms with van der Waals surface area (Å²) in [5, 5.41) is 0. The number of allylic oxidation sites excluding steroid dienone is 4. The van der Waals surface area contributed by atoms with Gasteiger partial charge in [-0.05, 0) is 64.8 Å². The van der Waals surface area contributed by atoms with Gasteiger partial charge in [-0.2, -0.15) is 0 Å². The molecule has 0 unspecified atom stereocenters. The number of rotatable bonds is 7. The van der Waals surface area contributed by atoms with Crippen LogP contribution in [0.4, 0.5) is 0 Å². The summed E-state index contributed by atoms with van der Waals surface area (Å²) in [5.74, 6) is 0. The molecule has 0 nitrogen and oxygen atoms in total. The third kappa shape index (κ3) is 4.20. The first-order valence-corrected chi connectivity index (χ1v) is 9.61. The van der Waals surface area contributed by atoms with Crippen molar-refractivity contribution >= 4 is 17.7 Å². The monoisotopic (exact) mass is 328 g/mol. The molecule has 0 amide bonds. The van der Waals surface area contributed by atoms with Crippen molar-refractivity contribution in [2.75, 3.05) is 0 Å². The SMILES string of the molecule is CCC/C=C(\CCCC)C1=Cc2ccccc2/C1=C\c1ccccc1. The summed E-state index contributed by atoms with van der Waals surface area (Å²) in [4.78, 5) is 0. The molecular formula is C25H28. The summed E-state index contributed by atoms with van der Waals surface area (Å²) in [6.07, 6.45) is 13.2. The minimum Gasteiger partial charge on any atom is -0.0807 e. The largest absolute Gasteiger partial charge is 0.0807 e.